The van der Waals surface area contributed by atoms with Crippen molar-refractivity contribution >= 4 is 75.1 Å². The van der Waals surface area contributed by atoms with Gasteiger partial charge in [-0.05, 0) is 48.9 Å². The summed E-state index contributed by atoms with van der Waals surface area (Å²) in [6.45, 7) is 1.94. The number of benzene rings is 7. The Morgan fingerprint density at radius 2 is 1.12 bits per heavy atom. The Hall–Kier alpha value is -6.63. The smallest absolute Gasteiger partial charge is 0.238 e. The van der Waals surface area contributed by atoms with Gasteiger partial charge in [-0.15, -0.1) is 11.3 Å². The van der Waals surface area contributed by atoms with E-state index in [0.717, 1.165) is 38.5 Å². The van der Waals surface area contributed by atoms with Crippen molar-refractivity contribution in [2.75, 3.05) is 0 Å². The Balaban J connectivity index is 1.18. The van der Waals surface area contributed by atoms with Crippen molar-refractivity contribution in [2.45, 2.75) is 6.92 Å². The minimum absolute atomic E-state index is 0.610. The fourth-order valence-electron chi connectivity index (χ4n) is 8.05. The molecule has 0 radical (unpaired) electrons. The molecule has 0 fully saturated rings. The first-order valence-electron chi connectivity index (χ1n) is 17.5. The van der Waals surface area contributed by atoms with Gasteiger partial charge in [-0.1, -0.05) is 121 Å². The second-order valence-electron chi connectivity index (χ2n) is 13.3. The van der Waals surface area contributed by atoms with E-state index in [-0.39, 0.29) is 0 Å². The van der Waals surface area contributed by atoms with Crippen LogP contribution in [0.5, 0.6) is 0 Å². The molecule has 0 aliphatic rings. The van der Waals surface area contributed by atoms with Gasteiger partial charge in [0.2, 0.25) is 5.95 Å². The van der Waals surface area contributed by atoms with Crippen LogP contribution >= 0.6 is 11.3 Å². The van der Waals surface area contributed by atoms with E-state index in [9.17, 15) is 0 Å². The van der Waals surface area contributed by atoms with Crippen LogP contribution in [0, 0.1) is 6.92 Å². The third kappa shape index (κ3) is 4.25. The predicted octanol–water partition coefficient (Wildman–Crippen LogP) is 12.1. The van der Waals surface area contributed by atoms with E-state index in [0.29, 0.717) is 17.6 Å². The summed E-state index contributed by atoms with van der Waals surface area (Å²) < 4.78 is 7.27. The summed E-state index contributed by atoms with van der Waals surface area (Å²) in [4.78, 5) is 14.8. The first kappa shape index (κ1) is 29.1. The molecule has 0 spiro atoms. The highest BCUT2D eigenvalue weighted by Crippen LogP contribution is 2.43. The van der Waals surface area contributed by atoms with E-state index in [1.807, 2.05) is 48.6 Å². The van der Waals surface area contributed by atoms with Crippen LogP contribution in [-0.2, 0) is 0 Å². The molecule has 6 heteroatoms. The number of nitrogens with zero attached hydrogens (tertiary/aromatic N) is 5. The lowest BCUT2D eigenvalue weighted by Gasteiger charge is -2.12. The number of thiophene rings is 1. The zero-order valence-electron chi connectivity index (χ0n) is 28.2. The van der Waals surface area contributed by atoms with Crippen molar-refractivity contribution in [3.63, 3.8) is 0 Å². The third-order valence-electron chi connectivity index (χ3n) is 10.3. The summed E-state index contributed by atoms with van der Waals surface area (Å²) in [6.07, 6.45) is 0. The van der Waals surface area contributed by atoms with E-state index in [1.54, 1.807) is 0 Å². The van der Waals surface area contributed by atoms with Gasteiger partial charge < -0.3 is 4.57 Å². The fourth-order valence-corrected chi connectivity index (χ4v) is 9.26. The quantitative estimate of drug-likeness (QED) is 0.185. The molecule has 4 heterocycles. The standard InChI is InChI=1S/C46H29N5S/c1-28-47-45(29-13-3-2-4-14-29)49-46(48-28)51-39-22-9-5-15-32(39)35-19-11-18-31(43(35)51)30-25-26-40-37(27-30)33-16-6-8-21-38(33)50(40)41-23-12-20-36-34-17-7-10-24-42(34)52-44(36)41/h2-27H,1H3. The van der Waals surface area contributed by atoms with Gasteiger partial charge >= 0.3 is 0 Å². The maximum absolute atomic E-state index is 5.09. The molecular formula is C46H29N5S. The molecule has 0 saturated carbocycles. The molecule has 0 bridgehead atoms. The minimum atomic E-state index is 0.610. The molecule has 0 aliphatic heterocycles. The summed E-state index contributed by atoms with van der Waals surface area (Å²) in [5.41, 5.74) is 8.94. The number of aryl methyl sites for hydroxylation is 1. The minimum Gasteiger partial charge on any atom is -0.308 e. The highest BCUT2D eigenvalue weighted by molar-refractivity contribution is 7.26. The Labute approximate surface area is 302 Å². The Morgan fingerprint density at radius 1 is 0.462 bits per heavy atom. The first-order valence-corrected chi connectivity index (χ1v) is 18.3. The Morgan fingerprint density at radius 3 is 1.96 bits per heavy atom. The lowest BCUT2D eigenvalue weighted by Crippen LogP contribution is -2.06. The van der Waals surface area contributed by atoms with E-state index in [1.165, 1.54) is 47.7 Å². The number of hydrogen-bond acceptors (Lipinski definition) is 4. The Bertz CT molecular complexity index is 3200. The van der Waals surface area contributed by atoms with Gasteiger partial charge in [0.1, 0.15) is 5.82 Å². The summed E-state index contributed by atoms with van der Waals surface area (Å²) >= 11 is 1.87. The topological polar surface area (TPSA) is 48.5 Å². The van der Waals surface area contributed by atoms with Crippen LogP contribution in [0.2, 0.25) is 0 Å². The van der Waals surface area contributed by atoms with Crippen molar-refractivity contribution in [3.05, 3.63) is 164 Å². The number of hydrogen-bond donors (Lipinski definition) is 0. The highest BCUT2D eigenvalue weighted by Gasteiger charge is 2.21. The van der Waals surface area contributed by atoms with Crippen LogP contribution in [0.1, 0.15) is 5.82 Å². The maximum atomic E-state index is 5.09. The Kier molecular flexibility index (Phi) is 6.27. The lowest BCUT2D eigenvalue weighted by atomic mass is 10.00. The van der Waals surface area contributed by atoms with Crippen molar-refractivity contribution in [3.8, 4) is 34.2 Å². The number of rotatable bonds is 4. The molecule has 0 unspecified atom stereocenters. The van der Waals surface area contributed by atoms with Gasteiger partial charge in [0, 0.05) is 48.1 Å². The molecule has 0 atom stereocenters. The van der Waals surface area contributed by atoms with Crippen LogP contribution in [0.4, 0.5) is 0 Å². The highest BCUT2D eigenvalue weighted by atomic mass is 32.1. The lowest BCUT2D eigenvalue weighted by molar-refractivity contribution is 0.907. The van der Waals surface area contributed by atoms with Gasteiger partial charge in [0.15, 0.2) is 5.82 Å². The zero-order chi connectivity index (χ0) is 34.3. The molecule has 0 saturated heterocycles. The van der Waals surface area contributed by atoms with Crippen molar-refractivity contribution < 1.29 is 0 Å². The molecule has 0 N–H and O–H groups in total. The third-order valence-corrected chi connectivity index (χ3v) is 11.5. The number of aromatic nitrogens is 5. The normalized spacial score (nSPS) is 11.9. The van der Waals surface area contributed by atoms with Crippen LogP contribution in [0.15, 0.2) is 158 Å². The molecule has 7 aromatic carbocycles. The maximum Gasteiger partial charge on any atom is 0.238 e. The summed E-state index contributed by atoms with van der Waals surface area (Å²) in [5.74, 6) is 1.95. The van der Waals surface area contributed by atoms with E-state index >= 15 is 0 Å². The molecule has 4 aromatic heterocycles. The van der Waals surface area contributed by atoms with Crippen molar-refractivity contribution in [1.82, 2.24) is 24.1 Å². The molecule has 244 valence electrons. The second-order valence-corrected chi connectivity index (χ2v) is 14.3. The molecule has 11 rings (SSSR count). The van der Waals surface area contributed by atoms with E-state index < -0.39 is 0 Å². The predicted molar refractivity (Wildman–Crippen MR) is 217 cm³/mol. The molecule has 11 aromatic rings. The monoisotopic (exact) mass is 683 g/mol. The van der Waals surface area contributed by atoms with Crippen LogP contribution in [-0.4, -0.2) is 24.1 Å². The van der Waals surface area contributed by atoms with Crippen LogP contribution in [0.3, 0.4) is 0 Å². The molecular weight excluding hydrogens is 655 g/mol. The average Bonchev–Trinajstić information content (AvgIpc) is 3.86. The van der Waals surface area contributed by atoms with Crippen molar-refractivity contribution in [2.24, 2.45) is 0 Å². The first-order chi connectivity index (χ1) is 25.7. The van der Waals surface area contributed by atoms with E-state index in [2.05, 4.69) is 137 Å². The summed E-state index contributed by atoms with van der Waals surface area (Å²) in [7, 11) is 0. The van der Waals surface area contributed by atoms with Crippen molar-refractivity contribution in [1.29, 1.82) is 0 Å². The zero-order valence-corrected chi connectivity index (χ0v) is 29.0. The van der Waals surface area contributed by atoms with Gasteiger partial charge in [0.05, 0.1) is 32.5 Å². The van der Waals surface area contributed by atoms with Crippen LogP contribution in [0.25, 0.3) is 97.9 Å². The largest absolute Gasteiger partial charge is 0.308 e. The van der Waals surface area contributed by atoms with Gasteiger partial charge in [0.25, 0.3) is 0 Å². The van der Waals surface area contributed by atoms with Crippen LogP contribution < -0.4 is 0 Å². The summed E-state index contributed by atoms with van der Waals surface area (Å²) in [6, 6.07) is 56.4. The summed E-state index contributed by atoms with van der Waals surface area (Å²) in [5, 5.41) is 7.36. The SMILES string of the molecule is Cc1nc(-c2ccccc2)nc(-n2c3ccccc3c3cccc(-c4ccc5c(c4)c4ccccc4n5-c4cccc5c4sc4ccccc45)c32)n1. The molecule has 0 aliphatic carbocycles. The number of para-hydroxylation sites is 3. The number of fused-ring (bicyclic) bond motifs is 9. The van der Waals surface area contributed by atoms with E-state index in [4.69, 9.17) is 15.0 Å². The fraction of sp³-hybridized carbons (Fsp3) is 0.0217. The van der Waals surface area contributed by atoms with Gasteiger partial charge in [-0.2, -0.15) is 9.97 Å². The average molecular weight is 684 g/mol. The van der Waals surface area contributed by atoms with Gasteiger partial charge in [-0.25, -0.2) is 4.98 Å². The molecule has 52 heavy (non-hydrogen) atoms. The molecule has 5 nitrogen and oxygen atoms in total. The van der Waals surface area contributed by atoms with Gasteiger partial charge in [-0.3, -0.25) is 4.57 Å². The second kappa shape index (κ2) is 11.2. The molecule has 0 amide bonds.